The predicted octanol–water partition coefficient (Wildman–Crippen LogP) is 0.808. The van der Waals surface area contributed by atoms with Gasteiger partial charge in [0.1, 0.15) is 5.82 Å². The summed E-state index contributed by atoms with van der Waals surface area (Å²) in [5, 5.41) is 7.67. The average molecular weight is 255 g/mol. The van der Waals surface area contributed by atoms with E-state index in [4.69, 9.17) is 0 Å². The largest absolute Gasteiger partial charge is 0.360 e. The molecule has 0 bridgehead atoms. The fraction of sp³-hybridized carbons (Fsp3) is 0.818. The molecule has 6 heteroatoms. The molecule has 1 aromatic rings. The molecule has 96 valence electrons. The van der Waals surface area contributed by atoms with Gasteiger partial charge in [-0.2, -0.15) is 4.37 Å². The second-order valence-corrected chi connectivity index (χ2v) is 4.99. The van der Waals surface area contributed by atoms with Gasteiger partial charge in [-0.25, -0.2) is 4.98 Å². The average Bonchev–Trinajstić information content (AvgIpc) is 2.84. The van der Waals surface area contributed by atoms with Gasteiger partial charge < -0.3 is 15.5 Å². The first kappa shape index (κ1) is 12.7. The first-order valence-electron chi connectivity index (χ1n) is 6.38. The van der Waals surface area contributed by atoms with Crippen LogP contribution in [0.25, 0.3) is 0 Å². The molecule has 1 aliphatic rings. The Morgan fingerprint density at radius 1 is 1.41 bits per heavy atom. The summed E-state index contributed by atoms with van der Waals surface area (Å²) in [5.41, 5.74) is 0. The molecule has 0 unspecified atom stereocenters. The van der Waals surface area contributed by atoms with Crippen LogP contribution in [0.3, 0.4) is 0 Å². The lowest BCUT2D eigenvalue weighted by Gasteiger charge is -2.26. The Hall–Kier alpha value is -0.720. The van der Waals surface area contributed by atoms with Gasteiger partial charge in [-0.1, -0.05) is 6.92 Å². The van der Waals surface area contributed by atoms with E-state index in [1.165, 1.54) is 37.6 Å². The monoisotopic (exact) mass is 255 g/mol. The van der Waals surface area contributed by atoms with Crippen molar-refractivity contribution in [1.29, 1.82) is 0 Å². The molecule has 0 aromatic carbocycles. The second kappa shape index (κ2) is 6.88. The summed E-state index contributed by atoms with van der Waals surface area (Å²) in [7, 11) is 0. The van der Waals surface area contributed by atoms with E-state index in [1.807, 2.05) is 0 Å². The quantitative estimate of drug-likeness (QED) is 0.737. The third-order valence-electron chi connectivity index (χ3n) is 2.92. The van der Waals surface area contributed by atoms with Crippen molar-refractivity contribution in [2.45, 2.75) is 19.8 Å². The summed E-state index contributed by atoms with van der Waals surface area (Å²) >= 11 is 1.46. The molecule has 0 saturated carbocycles. The van der Waals surface area contributed by atoms with E-state index >= 15 is 0 Å². The number of anilines is 1. The highest BCUT2D eigenvalue weighted by molar-refractivity contribution is 7.09. The maximum absolute atomic E-state index is 4.39. The Kier molecular flexibility index (Phi) is 5.15. The molecule has 0 amide bonds. The van der Waals surface area contributed by atoms with E-state index in [1.54, 1.807) is 0 Å². The molecule has 17 heavy (non-hydrogen) atoms. The molecule has 1 aromatic heterocycles. The number of hydrogen-bond acceptors (Lipinski definition) is 6. The zero-order valence-electron chi connectivity index (χ0n) is 10.4. The fourth-order valence-corrected chi connectivity index (χ4v) is 2.58. The summed E-state index contributed by atoms with van der Waals surface area (Å²) < 4.78 is 4.25. The van der Waals surface area contributed by atoms with Crippen molar-refractivity contribution >= 4 is 16.7 Å². The molecule has 2 N–H and O–H groups in total. The van der Waals surface area contributed by atoms with Gasteiger partial charge in [0, 0.05) is 50.7 Å². The molecule has 1 saturated heterocycles. The maximum atomic E-state index is 4.39. The van der Waals surface area contributed by atoms with Crippen LogP contribution < -0.4 is 10.6 Å². The number of aromatic nitrogens is 2. The highest BCUT2D eigenvalue weighted by Gasteiger charge is 2.08. The first-order valence-corrected chi connectivity index (χ1v) is 7.15. The Bertz CT molecular complexity index is 321. The van der Waals surface area contributed by atoms with Crippen LogP contribution in [0.5, 0.6) is 0 Å². The highest BCUT2D eigenvalue weighted by Crippen LogP contribution is 2.10. The van der Waals surface area contributed by atoms with Crippen LogP contribution in [-0.4, -0.2) is 53.5 Å². The van der Waals surface area contributed by atoms with Crippen molar-refractivity contribution in [2.75, 3.05) is 44.6 Å². The molecular weight excluding hydrogens is 234 g/mol. The topological polar surface area (TPSA) is 53.1 Å². The molecule has 0 aliphatic carbocycles. The lowest BCUT2D eigenvalue weighted by molar-refractivity contribution is 0.240. The standard InChI is InChI=1S/C11H21N5S/c1-2-10-14-11(17-15-10)13-4-3-7-16-8-5-12-6-9-16/h12H,2-9H2,1H3,(H,13,14,15). The third-order valence-corrected chi connectivity index (χ3v) is 3.63. The van der Waals surface area contributed by atoms with E-state index in [-0.39, 0.29) is 0 Å². The van der Waals surface area contributed by atoms with Crippen molar-refractivity contribution < 1.29 is 0 Å². The van der Waals surface area contributed by atoms with Crippen LogP contribution in [0.4, 0.5) is 5.13 Å². The summed E-state index contributed by atoms with van der Waals surface area (Å²) in [4.78, 5) is 6.90. The van der Waals surface area contributed by atoms with Crippen molar-refractivity contribution in [2.24, 2.45) is 0 Å². The van der Waals surface area contributed by atoms with E-state index in [0.717, 1.165) is 37.0 Å². The number of piperazine rings is 1. The maximum Gasteiger partial charge on any atom is 0.202 e. The number of nitrogens with zero attached hydrogens (tertiary/aromatic N) is 3. The Labute approximate surface area is 107 Å². The number of nitrogens with one attached hydrogen (secondary N) is 2. The minimum atomic E-state index is 0.916. The van der Waals surface area contributed by atoms with Crippen molar-refractivity contribution in [3.05, 3.63) is 5.82 Å². The van der Waals surface area contributed by atoms with Gasteiger partial charge in [-0.15, -0.1) is 0 Å². The van der Waals surface area contributed by atoms with E-state index < -0.39 is 0 Å². The van der Waals surface area contributed by atoms with E-state index in [0.29, 0.717) is 0 Å². The first-order chi connectivity index (χ1) is 8.38. The van der Waals surface area contributed by atoms with Crippen molar-refractivity contribution in [1.82, 2.24) is 19.6 Å². The Balaban J connectivity index is 1.59. The lowest BCUT2D eigenvalue weighted by atomic mass is 10.3. The SMILES string of the molecule is CCc1nsc(NCCCN2CCNCC2)n1. The molecule has 5 nitrogen and oxygen atoms in total. The molecule has 0 radical (unpaired) electrons. The number of rotatable bonds is 6. The summed E-state index contributed by atoms with van der Waals surface area (Å²) in [6.45, 7) is 8.86. The van der Waals surface area contributed by atoms with Crippen LogP contribution in [0, 0.1) is 0 Å². The second-order valence-electron chi connectivity index (χ2n) is 4.24. The fourth-order valence-electron chi connectivity index (χ4n) is 1.90. The smallest absolute Gasteiger partial charge is 0.202 e. The van der Waals surface area contributed by atoms with Crippen molar-refractivity contribution in [3.63, 3.8) is 0 Å². The molecule has 2 heterocycles. The van der Waals surface area contributed by atoms with Crippen LogP contribution in [0.2, 0.25) is 0 Å². The van der Waals surface area contributed by atoms with Crippen LogP contribution in [0.1, 0.15) is 19.2 Å². The van der Waals surface area contributed by atoms with E-state index in [9.17, 15) is 0 Å². The Morgan fingerprint density at radius 3 is 2.94 bits per heavy atom. The van der Waals surface area contributed by atoms with Gasteiger partial charge in [0.05, 0.1) is 0 Å². The highest BCUT2D eigenvalue weighted by atomic mass is 32.1. The predicted molar refractivity (Wildman–Crippen MR) is 71.7 cm³/mol. The minimum Gasteiger partial charge on any atom is -0.360 e. The number of aryl methyl sites for hydroxylation is 1. The van der Waals surface area contributed by atoms with Gasteiger partial charge in [0.2, 0.25) is 5.13 Å². The zero-order chi connectivity index (χ0) is 11.9. The third kappa shape index (κ3) is 4.22. The molecule has 2 rings (SSSR count). The molecule has 0 atom stereocenters. The van der Waals surface area contributed by atoms with Crippen LogP contribution >= 0.6 is 11.5 Å². The minimum absolute atomic E-state index is 0.916. The molecule has 1 aliphatic heterocycles. The molecule has 1 fully saturated rings. The van der Waals surface area contributed by atoms with Crippen LogP contribution in [-0.2, 0) is 6.42 Å². The zero-order valence-corrected chi connectivity index (χ0v) is 11.2. The molecule has 0 spiro atoms. The Morgan fingerprint density at radius 2 is 2.24 bits per heavy atom. The summed E-state index contributed by atoms with van der Waals surface area (Å²) in [6.07, 6.45) is 2.08. The summed E-state index contributed by atoms with van der Waals surface area (Å²) in [5.74, 6) is 0.944. The van der Waals surface area contributed by atoms with Crippen molar-refractivity contribution in [3.8, 4) is 0 Å². The van der Waals surface area contributed by atoms with Gasteiger partial charge in [-0.05, 0) is 13.0 Å². The van der Waals surface area contributed by atoms with Gasteiger partial charge in [-0.3, -0.25) is 0 Å². The van der Waals surface area contributed by atoms with E-state index in [2.05, 4.69) is 31.8 Å². The van der Waals surface area contributed by atoms with Gasteiger partial charge >= 0.3 is 0 Å². The summed E-state index contributed by atoms with van der Waals surface area (Å²) in [6, 6.07) is 0. The number of hydrogen-bond donors (Lipinski definition) is 2. The van der Waals surface area contributed by atoms with Gasteiger partial charge in [0.15, 0.2) is 0 Å². The van der Waals surface area contributed by atoms with Gasteiger partial charge in [0.25, 0.3) is 0 Å². The van der Waals surface area contributed by atoms with Crippen LogP contribution in [0.15, 0.2) is 0 Å². The molecular formula is C11H21N5S. The normalized spacial score (nSPS) is 17.2. The lowest BCUT2D eigenvalue weighted by Crippen LogP contribution is -2.44.